The summed E-state index contributed by atoms with van der Waals surface area (Å²) in [5.74, 6) is -0.292. The summed E-state index contributed by atoms with van der Waals surface area (Å²) in [7, 11) is 0. The number of hydrogen-bond acceptors (Lipinski definition) is 1. The summed E-state index contributed by atoms with van der Waals surface area (Å²) in [5, 5.41) is 1.79. The lowest BCUT2D eigenvalue weighted by molar-refractivity contribution is 0.633. The Labute approximate surface area is 104 Å². The Kier molecular flexibility index (Phi) is 2.19. The van der Waals surface area contributed by atoms with Crippen LogP contribution in [0.1, 0.15) is 0 Å². The fourth-order valence-corrected chi connectivity index (χ4v) is 2.35. The van der Waals surface area contributed by atoms with Crippen molar-refractivity contribution in [1.29, 1.82) is 0 Å². The van der Waals surface area contributed by atoms with Crippen LogP contribution in [0.25, 0.3) is 21.9 Å². The molecule has 0 N–H and O–H groups in total. The zero-order valence-electron chi connectivity index (χ0n) is 7.93. The van der Waals surface area contributed by atoms with Crippen molar-refractivity contribution < 1.29 is 8.81 Å². The summed E-state index contributed by atoms with van der Waals surface area (Å²) in [5.41, 5.74) is 1.10. The smallest absolute Gasteiger partial charge is 0.152 e. The van der Waals surface area contributed by atoms with E-state index in [4.69, 9.17) is 16.0 Å². The minimum atomic E-state index is -0.292. The molecule has 1 heterocycles. The maximum absolute atomic E-state index is 13.7. The number of hydrogen-bond donors (Lipinski definition) is 0. The molecule has 0 bridgehead atoms. The highest BCUT2D eigenvalue weighted by molar-refractivity contribution is 9.10. The molecule has 0 unspecified atom stereocenters. The van der Waals surface area contributed by atoms with Crippen molar-refractivity contribution in [3.05, 3.63) is 45.6 Å². The molecule has 4 heteroatoms. The van der Waals surface area contributed by atoms with Crippen molar-refractivity contribution in [3.8, 4) is 0 Å². The molecular formula is C12H5BrClFO. The minimum absolute atomic E-state index is 0.292. The average molecular weight is 300 g/mol. The van der Waals surface area contributed by atoms with E-state index in [-0.39, 0.29) is 5.82 Å². The van der Waals surface area contributed by atoms with Gasteiger partial charge in [-0.05, 0) is 40.2 Å². The maximum Gasteiger partial charge on any atom is 0.152 e. The highest BCUT2D eigenvalue weighted by Gasteiger charge is 2.13. The summed E-state index contributed by atoms with van der Waals surface area (Å²) >= 11 is 9.19. The molecule has 1 aromatic heterocycles. The van der Waals surface area contributed by atoms with Crippen LogP contribution in [0.5, 0.6) is 0 Å². The van der Waals surface area contributed by atoms with Gasteiger partial charge in [0, 0.05) is 16.5 Å². The molecule has 0 radical (unpaired) electrons. The predicted octanol–water partition coefficient (Wildman–Crippen LogP) is 5.14. The van der Waals surface area contributed by atoms with Gasteiger partial charge in [0.05, 0.1) is 9.86 Å². The van der Waals surface area contributed by atoms with E-state index in [9.17, 15) is 4.39 Å². The predicted molar refractivity (Wildman–Crippen MR) is 66.4 cm³/mol. The van der Waals surface area contributed by atoms with Gasteiger partial charge in [0.15, 0.2) is 5.58 Å². The van der Waals surface area contributed by atoms with E-state index in [0.29, 0.717) is 21.6 Å². The second-order valence-corrected chi connectivity index (χ2v) is 4.77. The van der Waals surface area contributed by atoms with Crippen molar-refractivity contribution in [1.82, 2.24) is 0 Å². The first-order valence-electron chi connectivity index (χ1n) is 4.62. The van der Waals surface area contributed by atoms with Crippen molar-refractivity contribution in [2.75, 3.05) is 0 Å². The zero-order chi connectivity index (χ0) is 11.3. The third-order valence-corrected chi connectivity index (χ3v) is 3.34. The fraction of sp³-hybridized carbons (Fsp3) is 0. The summed E-state index contributed by atoms with van der Waals surface area (Å²) in [6.07, 6.45) is 0. The highest BCUT2D eigenvalue weighted by Crippen LogP contribution is 2.36. The lowest BCUT2D eigenvalue weighted by atomic mass is 10.1. The first-order valence-corrected chi connectivity index (χ1v) is 5.79. The third-order valence-electron chi connectivity index (χ3n) is 2.48. The molecule has 3 rings (SSSR count). The normalized spacial score (nSPS) is 11.4. The molecule has 0 saturated heterocycles. The molecule has 0 spiro atoms. The van der Waals surface area contributed by atoms with E-state index in [0.717, 1.165) is 9.86 Å². The van der Waals surface area contributed by atoms with E-state index in [1.54, 1.807) is 24.3 Å². The van der Waals surface area contributed by atoms with Gasteiger partial charge in [0.1, 0.15) is 11.4 Å². The number of fused-ring (bicyclic) bond motifs is 3. The Hall–Kier alpha value is -1.06. The third kappa shape index (κ3) is 1.35. The van der Waals surface area contributed by atoms with Gasteiger partial charge in [0.25, 0.3) is 0 Å². The molecule has 3 aromatic rings. The van der Waals surface area contributed by atoms with E-state index in [2.05, 4.69) is 15.9 Å². The number of rotatable bonds is 0. The van der Waals surface area contributed by atoms with Crippen molar-refractivity contribution >= 4 is 49.5 Å². The molecule has 0 aliphatic heterocycles. The summed E-state index contributed by atoms with van der Waals surface area (Å²) in [6.45, 7) is 0. The lowest BCUT2D eigenvalue weighted by Gasteiger charge is -1.93. The number of furan rings is 1. The van der Waals surface area contributed by atoms with Crippen LogP contribution in [0.15, 0.2) is 39.2 Å². The second kappa shape index (κ2) is 3.47. The second-order valence-electron chi connectivity index (χ2n) is 3.48. The Morgan fingerprint density at radius 2 is 2.00 bits per heavy atom. The largest absolute Gasteiger partial charge is 0.455 e. The summed E-state index contributed by atoms with van der Waals surface area (Å²) < 4.78 is 20.0. The van der Waals surface area contributed by atoms with Crippen molar-refractivity contribution in [2.45, 2.75) is 0 Å². The van der Waals surface area contributed by atoms with Gasteiger partial charge < -0.3 is 4.42 Å². The topological polar surface area (TPSA) is 13.1 Å². The van der Waals surface area contributed by atoms with Crippen LogP contribution in [0.2, 0.25) is 5.02 Å². The molecule has 0 fully saturated rings. The maximum atomic E-state index is 13.7. The van der Waals surface area contributed by atoms with E-state index < -0.39 is 0 Å². The average Bonchev–Trinajstić information content (AvgIpc) is 2.63. The van der Waals surface area contributed by atoms with Crippen molar-refractivity contribution in [2.24, 2.45) is 0 Å². The van der Waals surface area contributed by atoms with Gasteiger partial charge in [-0.15, -0.1) is 0 Å². The van der Waals surface area contributed by atoms with Crippen molar-refractivity contribution in [3.63, 3.8) is 0 Å². The molecule has 1 nitrogen and oxygen atoms in total. The van der Waals surface area contributed by atoms with E-state index in [1.807, 2.05) is 0 Å². The Bertz CT molecular complexity index is 705. The van der Waals surface area contributed by atoms with E-state index in [1.165, 1.54) is 6.07 Å². The molecule has 16 heavy (non-hydrogen) atoms. The monoisotopic (exact) mass is 298 g/mol. The van der Waals surface area contributed by atoms with Gasteiger partial charge in [0.2, 0.25) is 0 Å². The molecular weight excluding hydrogens is 294 g/mol. The van der Waals surface area contributed by atoms with Gasteiger partial charge in [-0.3, -0.25) is 0 Å². The molecule has 80 valence electrons. The standard InChI is InChI=1S/C12H5BrClFO/c13-8-3-4-9(15)11-7-2-1-6(14)5-10(7)16-12(8)11/h1-5H. The molecule has 0 aliphatic rings. The van der Waals surface area contributed by atoms with Crippen LogP contribution in [0, 0.1) is 5.82 Å². The molecule has 0 aliphatic carbocycles. The lowest BCUT2D eigenvalue weighted by Crippen LogP contribution is -1.76. The van der Waals surface area contributed by atoms with Crippen LogP contribution < -0.4 is 0 Å². The summed E-state index contributed by atoms with van der Waals surface area (Å²) in [6, 6.07) is 8.21. The number of halogens is 3. The van der Waals surface area contributed by atoms with Gasteiger partial charge in [-0.25, -0.2) is 4.39 Å². The van der Waals surface area contributed by atoms with Crippen LogP contribution >= 0.6 is 27.5 Å². The SMILES string of the molecule is Fc1ccc(Br)c2oc3cc(Cl)ccc3c12. The Balaban J connectivity index is 2.60. The first kappa shape index (κ1) is 10.1. The van der Waals surface area contributed by atoms with E-state index >= 15 is 0 Å². The number of benzene rings is 2. The van der Waals surface area contributed by atoms with Crippen LogP contribution in [0.4, 0.5) is 4.39 Å². The molecule has 0 atom stereocenters. The Morgan fingerprint density at radius 1 is 1.19 bits per heavy atom. The highest BCUT2D eigenvalue weighted by atomic mass is 79.9. The molecule has 0 saturated carbocycles. The first-order chi connectivity index (χ1) is 7.66. The Morgan fingerprint density at radius 3 is 2.81 bits per heavy atom. The molecule has 2 aromatic carbocycles. The van der Waals surface area contributed by atoms with Gasteiger partial charge >= 0.3 is 0 Å². The van der Waals surface area contributed by atoms with Crippen LogP contribution in [0.3, 0.4) is 0 Å². The summed E-state index contributed by atoms with van der Waals surface area (Å²) in [4.78, 5) is 0. The van der Waals surface area contributed by atoms with Gasteiger partial charge in [-0.1, -0.05) is 11.6 Å². The quantitative estimate of drug-likeness (QED) is 0.560. The fourth-order valence-electron chi connectivity index (χ4n) is 1.78. The minimum Gasteiger partial charge on any atom is -0.455 e. The van der Waals surface area contributed by atoms with Crippen LogP contribution in [-0.2, 0) is 0 Å². The van der Waals surface area contributed by atoms with Gasteiger partial charge in [-0.2, -0.15) is 0 Å². The van der Waals surface area contributed by atoms with Crippen LogP contribution in [-0.4, -0.2) is 0 Å². The zero-order valence-corrected chi connectivity index (χ0v) is 10.3. The molecule has 0 amide bonds.